The van der Waals surface area contributed by atoms with E-state index in [0.717, 1.165) is 42.7 Å². The van der Waals surface area contributed by atoms with Gasteiger partial charge in [0.1, 0.15) is 0 Å². The molecule has 0 fully saturated rings. The zero-order chi connectivity index (χ0) is 20.2. The molecule has 28 heavy (non-hydrogen) atoms. The molecular formula is C21H33N5O2. The molecule has 7 heteroatoms. The minimum atomic E-state index is 0.451. The Morgan fingerprint density at radius 1 is 1.21 bits per heavy atom. The van der Waals surface area contributed by atoms with Crippen LogP contribution in [0.5, 0.6) is 5.88 Å². The van der Waals surface area contributed by atoms with Crippen LogP contribution in [-0.2, 0) is 13.1 Å². The predicted octanol–water partition coefficient (Wildman–Crippen LogP) is 4.02. The molecule has 2 heterocycles. The number of rotatable bonds is 11. The molecule has 154 valence electrons. The molecule has 0 atom stereocenters. The maximum Gasteiger partial charge on any atom is 0.218 e. The Bertz CT molecular complexity index is 725. The second-order valence-corrected chi connectivity index (χ2v) is 6.68. The van der Waals surface area contributed by atoms with E-state index in [1.54, 1.807) is 13.2 Å². The maximum atomic E-state index is 5.78. The van der Waals surface area contributed by atoms with Crippen molar-refractivity contribution in [2.45, 2.75) is 65.5 Å². The fourth-order valence-corrected chi connectivity index (χ4v) is 2.88. The van der Waals surface area contributed by atoms with Gasteiger partial charge < -0.3 is 19.9 Å². The fraction of sp³-hybridized carbons (Fsp3) is 0.571. The molecule has 0 aliphatic heterocycles. The van der Waals surface area contributed by atoms with Crippen molar-refractivity contribution in [1.29, 1.82) is 0 Å². The van der Waals surface area contributed by atoms with E-state index in [1.807, 2.05) is 18.2 Å². The zero-order valence-corrected chi connectivity index (χ0v) is 17.5. The second-order valence-electron chi connectivity index (χ2n) is 6.68. The highest BCUT2D eigenvalue weighted by molar-refractivity contribution is 5.79. The van der Waals surface area contributed by atoms with Crippen LogP contribution in [0.3, 0.4) is 0 Å². The van der Waals surface area contributed by atoms with Gasteiger partial charge in [0, 0.05) is 37.3 Å². The molecule has 2 rings (SSSR count). The third kappa shape index (κ3) is 6.55. The van der Waals surface area contributed by atoms with Crippen LogP contribution in [-0.4, -0.2) is 29.8 Å². The molecule has 2 aromatic heterocycles. The van der Waals surface area contributed by atoms with E-state index in [-0.39, 0.29) is 0 Å². The van der Waals surface area contributed by atoms with Crippen molar-refractivity contribution in [3.8, 4) is 5.88 Å². The van der Waals surface area contributed by atoms with Gasteiger partial charge in [0.25, 0.3) is 0 Å². The number of ether oxygens (including phenoxy) is 1. The van der Waals surface area contributed by atoms with Crippen molar-refractivity contribution in [3.63, 3.8) is 0 Å². The lowest BCUT2D eigenvalue weighted by Crippen LogP contribution is -2.36. The summed E-state index contributed by atoms with van der Waals surface area (Å²) in [6.07, 6.45) is 5.99. The Labute approximate surface area is 168 Å². The first kappa shape index (κ1) is 21.7. The molecule has 0 radical (unpaired) electrons. The number of pyridine rings is 1. The Balaban J connectivity index is 1.87. The topological polar surface area (TPSA) is 84.6 Å². The minimum absolute atomic E-state index is 0.451. The summed E-state index contributed by atoms with van der Waals surface area (Å²) in [5.41, 5.74) is 2.02. The highest BCUT2D eigenvalue weighted by atomic mass is 16.5. The van der Waals surface area contributed by atoms with Gasteiger partial charge in [-0.25, -0.2) is 4.98 Å². The Morgan fingerprint density at radius 3 is 2.71 bits per heavy atom. The van der Waals surface area contributed by atoms with Gasteiger partial charge in [-0.05, 0) is 25.3 Å². The van der Waals surface area contributed by atoms with E-state index in [1.165, 1.54) is 0 Å². The van der Waals surface area contributed by atoms with Gasteiger partial charge in [-0.2, -0.15) is 0 Å². The molecular weight excluding hydrogens is 354 g/mol. The van der Waals surface area contributed by atoms with E-state index in [4.69, 9.17) is 9.26 Å². The number of aliphatic imine (C=N–C) groups is 1. The second kappa shape index (κ2) is 12.0. The van der Waals surface area contributed by atoms with Crippen LogP contribution in [0.1, 0.15) is 69.4 Å². The van der Waals surface area contributed by atoms with Crippen molar-refractivity contribution >= 4 is 5.96 Å². The lowest BCUT2D eigenvalue weighted by molar-refractivity contribution is 0.294. The van der Waals surface area contributed by atoms with Gasteiger partial charge in [-0.3, -0.25) is 4.99 Å². The summed E-state index contributed by atoms with van der Waals surface area (Å²) >= 11 is 0. The van der Waals surface area contributed by atoms with Gasteiger partial charge in [-0.1, -0.05) is 38.4 Å². The maximum absolute atomic E-state index is 5.78. The third-order valence-electron chi connectivity index (χ3n) is 4.67. The molecule has 0 aromatic carbocycles. The Hall–Kier alpha value is -2.57. The molecule has 2 aromatic rings. The Kier molecular flexibility index (Phi) is 9.31. The number of aromatic nitrogens is 2. The van der Waals surface area contributed by atoms with Crippen LogP contribution in [0.4, 0.5) is 0 Å². The zero-order valence-electron chi connectivity index (χ0n) is 17.5. The average Bonchev–Trinajstić information content (AvgIpc) is 3.19. The van der Waals surface area contributed by atoms with Gasteiger partial charge in [-0.15, -0.1) is 0 Å². The highest BCUT2D eigenvalue weighted by Crippen LogP contribution is 2.22. The summed E-state index contributed by atoms with van der Waals surface area (Å²) in [6.45, 7) is 8.26. The molecule has 0 amide bonds. The first-order chi connectivity index (χ1) is 13.7. The number of nitrogens with zero attached hydrogens (tertiary/aromatic N) is 3. The Morgan fingerprint density at radius 2 is 2.00 bits per heavy atom. The number of guanidine groups is 1. The van der Waals surface area contributed by atoms with Crippen molar-refractivity contribution in [2.75, 3.05) is 13.7 Å². The van der Waals surface area contributed by atoms with Crippen LogP contribution < -0.4 is 15.4 Å². The van der Waals surface area contributed by atoms with Gasteiger partial charge in [0.15, 0.2) is 11.7 Å². The normalized spacial score (nSPS) is 11.7. The number of nitrogens with one attached hydrogen (secondary N) is 2. The molecule has 0 aliphatic carbocycles. The van der Waals surface area contributed by atoms with E-state index in [9.17, 15) is 0 Å². The van der Waals surface area contributed by atoms with Crippen molar-refractivity contribution in [3.05, 3.63) is 41.4 Å². The monoisotopic (exact) mass is 387 g/mol. The summed E-state index contributed by atoms with van der Waals surface area (Å²) in [4.78, 5) is 8.61. The van der Waals surface area contributed by atoms with Crippen LogP contribution in [0.2, 0.25) is 0 Å². The number of hydrogen-bond acceptors (Lipinski definition) is 5. The quantitative estimate of drug-likeness (QED) is 0.344. The summed E-state index contributed by atoms with van der Waals surface area (Å²) in [6, 6.07) is 5.94. The number of unbranched alkanes of at least 4 members (excludes halogenated alkanes) is 1. The van der Waals surface area contributed by atoms with E-state index >= 15 is 0 Å². The molecule has 0 saturated carbocycles. The van der Waals surface area contributed by atoms with Gasteiger partial charge >= 0.3 is 0 Å². The summed E-state index contributed by atoms with van der Waals surface area (Å²) in [5.74, 6) is 2.61. The van der Waals surface area contributed by atoms with E-state index in [0.29, 0.717) is 37.5 Å². The van der Waals surface area contributed by atoms with Crippen LogP contribution in [0.25, 0.3) is 0 Å². The molecule has 0 spiro atoms. The van der Waals surface area contributed by atoms with Crippen LogP contribution >= 0.6 is 0 Å². The van der Waals surface area contributed by atoms with E-state index in [2.05, 4.69) is 46.5 Å². The summed E-state index contributed by atoms with van der Waals surface area (Å²) in [5, 5.41) is 10.8. The van der Waals surface area contributed by atoms with E-state index < -0.39 is 0 Å². The SMILES string of the molecule is CCCCOc1ncccc1CNC(=NC)NCc1cc(C(CC)CC)no1. The van der Waals surface area contributed by atoms with Crippen LogP contribution in [0.15, 0.2) is 33.9 Å². The smallest absolute Gasteiger partial charge is 0.218 e. The molecule has 0 unspecified atom stereocenters. The fourth-order valence-electron chi connectivity index (χ4n) is 2.88. The lowest BCUT2D eigenvalue weighted by Gasteiger charge is -2.13. The molecule has 2 N–H and O–H groups in total. The minimum Gasteiger partial charge on any atom is -0.477 e. The van der Waals surface area contributed by atoms with Crippen molar-refractivity contribution in [2.24, 2.45) is 4.99 Å². The van der Waals surface area contributed by atoms with Crippen LogP contribution in [0, 0.1) is 0 Å². The standard InChI is InChI=1S/C21H33N5O2/c1-5-8-12-27-20-17(10-9-11-23-20)14-24-21(22-4)25-15-18-13-19(26-28-18)16(6-2)7-3/h9-11,13,16H,5-8,12,14-15H2,1-4H3,(H2,22,24,25). The third-order valence-corrected chi connectivity index (χ3v) is 4.67. The van der Waals surface area contributed by atoms with Gasteiger partial charge in [0.05, 0.1) is 18.8 Å². The first-order valence-corrected chi connectivity index (χ1v) is 10.2. The highest BCUT2D eigenvalue weighted by Gasteiger charge is 2.13. The summed E-state index contributed by atoms with van der Waals surface area (Å²) in [7, 11) is 1.74. The predicted molar refractivity (Wildman–Crippen MR) is 112 cm³/mol. The first-order valence-electron chi connectivity index (χ1n) is 10.2. The van der Waals surface area contributed by atoms with Crippen molar-refractivity contribution < 1.29 is 9.26 Å². The average molecular weight is 388 g/mol. The molecule has 0 saturated heterocycles. The van der Waals surface area contributed by atoms with Crippen molar-refractivity contribution in [1.82, 2.24) is 20.8 Å². The molecule has 7 nitrogen and oxygen atoms in total. The lowest BCUT2D eigenvalue weighted by atomic mass is 9.99. The largest absolute Gasteiger partial charge is 0.477 e. The summed E-state index contributed by atoms with van der Waals surface area (Å²) < 4.78 is 11.2. The molecule has 0 bridgehead atoms. The number of hydrogen-bond donors (Lipinski definition) is 2. The van der Waals surface area contributed by atoms with Gasteiger partial charge in [0.2, 0.25) is 5.88 Å². The molecule has 0 aliphatic rings.